The van der Waals surface area contributed by atoms with Crippen LogP contribution in [0, 0.1) is 0 Å². The van der Waals surface area contributed by atoms with Crippen LogP contribution in [-0.2, 0) is 10.0 Å². The van der Waals surface area contributed by atoms with Crippen molar-refractivity contribution in [3.8, 4) is 0 Å². The van der Waals surface area contributed by atoms with Crippen molar-refractivity contribution in [3.05, 3.63) is 0 Å². The van der Waals surface area contributed by atoms with Gasteiger partial charge in [-0.05, 0) is 39.8 Å². The maximum Gasteiger partial charge on any atom is 0.211 e. The van der Waals surface area contributed by atoms with Crippen LogP contribution in [0.2, 0.25) is 0 Å². The van der Waals surface area contributed by atoms with Gasteiger partial charge in [0.2, 0.25) is 10.0 Å². The third-order valence-electron chi connectivity index (χ3n) is 3.56. The van der Waals surface area contributed by atoms with Crippen LogP contribution in [0.3, 0.4) is 0 Å². The summed E-state index contributed by atoms with van der Waals surface area (Å²) in [7, 11) is -1.06. The summed E-state index contributed by atoms with van der Waals surface area (Å²) in [4.78, 5) is 2.27. The molecule has 6 heteroatoms. The Balaban J connectivity index is 2.18. The standard InChI is InChI=1S/C13H29N3O2S/c1-11(2)14-8-5-9-19(17,18)15-10-12(3)16(4)13-6-7-13/h11-15H,5-10H2,1-4H3. The summed E-state index contributed by atoms with van der Waals surface area (Å²) in [5.74, 6) is 0.201. The SMILES string of the molecule is CC(C)NCCCS(=O)(=O)NCC(C)N(C)C1CC1. The van der Waals surface area contributed by atoms with E-state index in [0.29, 0.717) is 25.0 Å². The maximum atomic E-state index is 11.8. The van der Waals surface area contributed by atoms with Gasteiger partial charge in [-0.15, -0.1) is 0 Å². The number of nitrogens with one attached hydrogen (secondary N) is 2. The molecule has 0 saturated heterocycles. The number of hydrogen-bond acceptors (Lipinski definition) is 4. The van der Waals surface area contributed by atoms with Gasteiger partial charge in [0.25, 0.3) is 0 Å². The van der Waals surface area contributed by atoms with Gasteiger partial charge in [0.15, 0.2) is 0 Å². The minimum atomic E-state index is -3.13. The first kappa shape index (κ1) is 16.9. The molecule has 1 atom stereocenters. The third kappa shape index (κ3) is 7.25. The monoisotopic (exact) mass is 291 g/mol. The molecule has 0 spiro atoms. The second-order valence-electron chi connectivity index (χ2n) is 5.88. The Hall–Kier alpha value is -0.170. The number of rotatable bonds is 10. The number of likely N-dealkylation sites (N-methyl/N-ethyl adjacent to an activating group) is 1. The molecule has 1 aliphatic rings. The molecule has 0 aromatic carbocycles. The molecule has 1 saturated carbocycles. The zero-order chi connectivity index (χ0) is 14.5. The van der Waals surface area contributed by atoms with E-state index in [-0.39, 0.29) is 11.8 Å². The van der Waals surface area contributed by atoms with Gasteiger partial charge in [0.05, 0.1) is 5.75 Å². The van der Waals surface area contributed by atoms with Gasteiger partial charge in [-0.3, -0.25) is 4.90 Å². The van der Waals surface area contributed by atoms with Gasteiger partial charge < -0.3 is 5.32 Å². The Morgan fingerprint density at radius 2 is 1.89 bits per heavy atom. The van der Waals surface area contributed by atoms with Crippen LogP contribution < -0.4 is 10.0 Å². The van der Waals surface area contributed by atoms with Crippen molar-refractivity contribution in [2.75, 3.05) is 25.9 Å². The van der Waals surface area contributed by atoms with E-state index >= 15 is 0 Å². The predicted molar refractivity (Wildman–Crippen MR) is 79.8 cm³/mol. The molecule has 114 valence electrons. The number of sulfonamides is 1. The molecule has 0 aromatic rings. The lowest BCUT2D eigenvalue weighted by Gasteiger charge is -2.24. The Morgan fingerprint density at radius 1 is 1.26 bits per heavy atom. The van der Waals surface area contributed by atoms with Gasteiger partial charge in [-0.1, -0.05) is 13.8 Å². The lowest BCUT2D eigenvalue weighted by molar-refractivity contribution is 0.248. The molecule has 0 aliphatic heterocycles. The van der Waals surface area contributed by atoms with Crippen molar-refractivity contribution in [2.45, 2.75) is 58.2 Å². The highest BCUT2D eigenvalue weighted by atomic mass is 32.2. The molecule has 1 fully saturated rings. The third-order valence-corrected chi connectivity index (χ3v) is 4.99. The van der Waals surface area contributed by atoms with Gasteiger partial charge in [-0.25, -0.2) is 13.1 Å². The van der Waals surface area contributed by atoms with Crippen LogP contribution in [0.25, 0.3) is 0 Å². The highest BCUT2D eigenvalue weighted by molar-refractivity contribution is 7.89. The zero-order valence-corrected chi connectivity index (χ0v) is 13.5. The molecular formula is C13H29N3O2S. The molecule has 5 nitrogen and oxygen atoms in total. The largest absolute Gasteiger partial charge is 0.314 e. The van der Waals surface area contributed by atoms with Gasteiger partial charge in [0.1, 0.15) is 0 Å². The molecule has 2 N–H and O–H groups in total. The fourth-order valence-corrected chi connectivity index (χ4v) is 3.12. The molecule has 0 aromatic heterocycles. The number of nitrogens with zero attached hydrogens (tertiary/aromatic N) is 1. The molecule has 1 unspecified atom stereocenters. The van der Waals surface area contributed by atoms with Gasteiger partial charge >= 0.3 is 0 Å². The van der Waals surface area contributed by atoms with E-state index in [4.69, 9.17) is 0 Å². The molecule has 0 bridgehead atoms. The maximum absolute atomic E-state index is 11.8. The van der Waals surface area contributed by atoms with Crippen LogP contribution >= 0.6 is 0 Å². The van der Waals surface area contributed by atoms with Crippen LogP contribution in [0.4, 0.5) is 0 Å². The molecule has 1 rings (SSSR count). The summed E-state index contributed by atoms with van der Waals surface area (Å²) in [6.07, 6.45) is 3.14. The first-order valence-electron chi connectivity index (χ1n) is 7.24. The highest BCUT2D eigenvalue weighted by Gasteiger charge is 2.29. The smallest absolute Gasteiger partial charge is 0.211 e. The summed E-state index contributed by atoms with van der Waals surface area (Å²) in [5.41, 5.74) is 0. The van der Waals surface area contributed by atoms with Crippen molar-refractivity contribution >= 4 is 10.0 Å². The summed E-state index contributed by atoms with van der Waals surface area (Å²) in [6.45, 7) is 7.44. The van der Waals surface area contributed by atoms with Gasteiger partial charge in [-0.2, -0.15) is 0 Å². The molecule has 19 heavy (non-hydrogen) atoms. The van der Waals surface area contributed by atoms with Crippen LogP contribution in [0.1, 0.15) is 40.0 Å². The first-order chi connectivity index (χ1) is 8.82. The van der Waals surface area contributed by atoms with Crippen LogP contribution in [-0.4, -0.2) is 57.3 Å². The number of hydrogen-bond donors (Lipinski definition) is 2. The average Bonchev–Trinajstić information content (AvgIpc) is 3.15. The molecular weight excluding hydrogens is 262 g/mol. The molecule has 0 heterocycles. The van der Waals surface area contributed by atoms with Crippen molar-refractivity contribution in [2.24, 2.45) is 0 Å². The summed E-state index contributed by atoms with van der Waals surface area (Å²) >= 11 is 0. The van der Waals surface area contributed by atoms with E-state index in [9.17, 15) is 8.42 Å². The van der Waals surface area contributed by atoms with Crippen molar-refractivity contribution < 1.29 is 8.42 Å². The van der Waals surface area contributed by atoms with E-state index in [2.05, 4.69) is 42.8 Å². The summed E-state index contributed by atoms with van der Waals surface area (Å²) in [5, 5.41) is 3.22. The predicted octanol–water partition coefficient (Wildman–Crippen LogP) is 0.777. The minimum absolute atomic E-state index is 0.201. The lowest BCUT2D eigenvalue weighted by atomic mass is 10.3. The van der Waals surface area contributed by atoms with E-state index in [1.165, 1.54) is 12.8 Å². The lowest BCUT2D eigenvalue weighted by Crippen LogP contribution is -2.42. The van der Waals surface area contributed by atoms with Crippen LogP contribution in [0.5, 0.6) is 0 Å². The summed E-state index contributed by atoms with van der Waals surface area (Å²) < 4.78 is 26.4. The quantitative estimate of drug-likeness (QED) is 0.584. The second-order valence-corrected chi connectivity index (χ2v) is 7.80. The second kappa shape index (κ2) is 7.57. The molecule has 0 amide bonds. The van der Waals surface area contributed by atoms with Crippen molar-refractivity contribution in [3.63, 3.8) is 0 Å². The Kier molecular flexibility index (Phi) is 6.73. The van der Waals surface area contributed by atoms with Crippen molar-refractivity contribution in [1.29, 1.82) is 0 Å². The van der Waals surface area contributed by atoms with E-state index in [1.54, 1.807) is 0 Å². The first-order valence-corrected chi connectivity index (χ1v) is 8.89. The van der Waals surface area contributed by atoms with Crippen LogP contribution in [0.15, 0.2) is 0 Å². The molecule has 1 aliphatic carbocycles. The molecule has 0 radical (unpaired) electrons. The Labute approximate surface area is 118 Å². The fraction of sp³-hybridized carbons (Fsp3) is 1.00. The average molecular weight is 291 g/mol. The zero-order valence-electron chi connectivity index (χ0n) is 12.6. The van der Waals surface area contributed by atoms with E-state index < -0.39 is 10.0 Å². The summed E-state index contributed by atoms with van der Waals surface area (Å²) in [6, 6.07) is 1.33. The van der Waals surface area contributed by atoms with Crippen molar-refractivity contribution in [1.82, 2.24) is 14.9 Å². The Morgan fingerprint density at radius 3 is 2.42 bits per heavy atom. The van der Waals surface area contributed by atoms with Gasteiger partial charge in [0, 0.05) is 24.7 Å². The highest BCUT2D eigenvalue weighted by Crippen LogP contribution is 2.26. The van der Waals surface area contributed by atoms with E-state index in [1.807, 2.05) is 0 Å². The van der Waals surface area contributed by atoms with E-state index in [0.717, 1.165) is 6.54 Å². The normalized spacial score (nSPS) is 18.2. The fourth-order valence-electron chi connectivity index (χ4n) is 1.96. The minimum Gasteiger partial charge on any atom is -0.314 e. The Bertz CT molecular complexity index is 353. The topological polar surface area (TPSA) is 61.4 Å².